The van der Waals surface area contributed by atoms with Gasteiger partial charge in [-0.3, -0.25) is 4.79 Å². The van der Waals surface area contributed by atoms with Gasteiger partial charge in [0.15, 0.2) is 6.10 Å². The minimum atomic E-state index is -1.33. The predicted molar refractivity (Wildman–Crippen MR) is 154 cm³/mol. The number of methoxy groups -OCH3 is 1. The van der Waals surface area contributed by atoms with E-state index in [2.05, 4.69) is 16.4 Å². The third kappa shape index (κ3) is 6.02. The fraction of sp³-hybridized carbons (Fsp3) is 0.448. The van der Waals surface area contributed by atoms with Gasteiger partial charge in [-0.2, -0.15) is 5.26 Å². The van der Waals surface area contributed by atoms with Crippen LogP contribution in [0.2, 0.25) is 10.0 Å². The lowest BCUT2D eigenvalue weighted by molar-refractivity contribution is -0.211. The maximum absolute atomic E-state index is 14.5. The molecule has 1 aliphatic heterocycles. The summed E-state index contributed by atoms with van der Waals surface area (Å²) in [6.07, 6.45) is -1.50. The molecule has 2 aromatic carbocycles. The van der Waals surface area contributed by atoms with Crippen LogP contribution in [0.1, 0.15) is 37.3 Å². The number of carbonyl (C=O) groups excluding carboxylic acids is 1. The zero-order chi connectivity index (χ0) is 30.0. The van der Waals surface area contributed by atoms with Crippen LogP contribution in [-0.2, 0) is 14.3 Å². The zero-order valence-electron chi connectivity index (χ0n) is 22.8. The van der Waals surface area contributed by atoms with Crippen LogP contribution >= 0.6 is 23.2 Å². The van der Waals surface area contributed by atoms with Crippen molar-refractivity contribution in [2.24, 2.45) is 0 Å². The highest BCUT2D eigenvalue weighted by Crippen LogP contribution is 2.37. The molecule has 0 spiro atoms. The van der Waals surface area contributed by atoms with Crippen molar-refractivity contribution < 1.29 is 29.6 Å². The normalized spacial score (nSPS) is 27.8. The Morgan fingerprint density at radius 2 is 1.90 bits per heavy atom. The number of aliphatic hydroxyl groups excluding tert-OH is 3. The molecule has 2 aliphatic rings. The number of carbonyl (C=O) groups is 1. The maximum Gasteiger partial charge on any atom is 0.259 e. The number of anilines is 1. The van der Waals surface area contributed by atoms with E-state index in [0.717, 1.165) is 18.4 Å². The Bertz CT molecular complexity index is 1450. The van der Waals surface area contributed by atoms with Gasteiger partial charge in [-0.15, -0.1) is 5.10 Å². The van der Waals surface area contributed by atoms with E-state index >= 15 is 0 Å². The van der Waals surface area contributed by atoms with Gasteiger partial charge in [0, 0.05) is 28.4 Å². The van der Waals surface area contributed by atoms with Gasteiger partial charge < -0.3 is 29.7 Å². The number of hydrogen-bond donors (Lipinski definition) is 3. The Kier molecular flexibility index (Phi) is 9.44. The summed E-state index contributed by atoms with van der Waals surface area (Å²) in [5.74, 6) is -0.577. The van der Waals surface area contributed by atoms with E-state index < -0.39 is 55.1 Å². The van der Waals surface area contributed by atoms with Gasteiger partial charge in [-0.1, -0.05) is 53.4 Å². The third-order valence-electron chi connectivity index (χ3n) is 7.89. The third-order valence-corrected chi connectivity index (χ3v) is 8.36. The molecule has 42 heavy (non-hydrogen) atoms. The van der Waals surface area contributed by atoms with E-state index in [0.29, 0.717) is 29.2 Å². The number of hydrogen-bond acceptors (Lipinski definition) is 9. The summed E-state index contributed by atoms with van der Waals surface area (Å²) in [5.41, 5.74) is 1.80. The topological polar surface area (TPSA) is 154 Å². The lowest BCUT2D eigenvalue weighted by Crippen LogP contribution is -2.63. The van der Waals surface area contributed by atoms with Crippen molar-refractivity contribution in [3.8, 4) is 17.3 Å². The zero-order valence-corrected chi connectivity index (χ0v) is 24.3. The van der Waals surface area contributed by atoms with Gasteiger partial charge in [0.1, 0.15) is 30.0 Å². The average molecular weight is 617 g/mol. The number of halogens is 2. The second-order valence-corrected chi connectivity index (χ2v) is 11.4. The van der Waals surface area contributed by atoms with Gasteiger partial charge in [-0.05, 0) is 43.2 Å². The number of rotatable bonds is 7. The molecule has 5 unspecified atom stereocenters. The highest BCUT2D eigenvalue weighted by atomic mass is 35.5. The largest absolute Gasteiger partial charge is 0.394 e. The summed E-state index contributed by atoms with van der Waals surface area (Å²) >= 11 is 12.3. The molecule has 0 bridgehead atoms. The SMILES string of the molecule is COC1C(C(=O)N(c2cc(Cl)cc(C#N)c2)[C@H]2CCCC[C@@H]2O)OC(CO)C(O)C1n1cc(-c2ccc(Cl)cc2)nn1. The number of aliphatic hydroxyl groups is 3. The lowest BCUT2D eigenvalue weighted by Gasteiger charge is -2.46. The van der Waals surface area contributed by atoms with Crippen molar-refractivity contribution in [2.45, 2.75) is 68.3 Å². The van der Waals surface area contributed by atoms with Crippen LogP contribution in [0, 0.1) is 11.3 Å². The maximum atomic E-state index is 14.5. The quantitative estimate of drug-likeness (QED) is 0.363. The summed E-state index contributed by atoms with van der Waals surface area (Å²) in [7, 11) is 1.39. The Morgan fingerprint density at radius 1 is 1.17 bits per heavy atom. The number of nitrogens with zero attached hydrogens (tertiary/aromatic N) is 5. The Morgan fingerprint density at radius 3 is 2.57 bits per heavy atom. The van der Waals surface area contributed by atoms with Crippen LogP contribution in [-0.4, -0.2) is 86.5 Å². The molecule has 1 aliphatic carbocycles. The van der Waals surface area contributed by atoms with Crippen LogP contribution in [0.15, 0.2) is 48.7 Å². The van der Waals surface area contributed by atoms with E-state index in [1.165, 1.54) is 28.8 Å². The second kappa shape index (κ2) is 13.1. The average Bonchev–Trinajstić information content (AvgIpc) is 3.47. The molecular weight excluding hydrogens is 585 g/mol. The Labute approximate surface area is 252 Å². The molecular formula is C29H31Cl2N5O6. The summed E-state index contributed by atoms with van der Waals surface area (Å²) in [6, 6.07) is 12.0. The molecule has 11 nitrogen and oxygen atoms in total. The monoisotopic (exact) mass is 615 g/mol. The molecule has 2 fully saturated rings. The van der Waals surface area contributed by atoms with Crippen molar-refractivity contribution in [1.82, 2.24) is 15.0 Å². The summed E-state index contributed by atoms with van der Waals surface area (Å²) < 4.78 is 13.2. The smallest absolute Gasteiger partial charge is 0.259 e. The predicted octanol–water partition coefficient (Wildman–Crippen LogP) is 3.14. The van der Waals surface area contributed by atoms with Crippen molar-refractivity contribution in [3.05, 3.63) is 64.3 Å². The highest BCUT2D eigenvalue weighted by molar-refractivity contribution is 6.31. The van der Waals surface area contributed by atoms with Crippen molar-refractivity contribution in [2.75, 3.05) is 18.6 Å². The Balaban J connectivity index is 1.55. The van der Waals surface area contributed by atoms with Gasteiger partial charge >= 0.3 is 0 Å². The lowest BCUT2D eigenvalue weighted by atomic mass is 9.88. The summed E-state index contributed by atoms with van der Waals surface area (Å²) in [6.45, 7) is -0.585. The Hall–Kier alpha value is -3.08. The minimum absolute atomic E-state index is 0.243. The van der Waals surface area contributed by atoms with Crippen LogP contribution < -0.4 is 4.90 Å². The molecule has 1 saturated heterocycles. The molecule has 3 aromatic rings. The molecule has 1 aromatic heterocycles. The first-order valence-corrected chi connectivity index (χ1v) is 14.4. The molecule has 0 radical (unpaired) electrons. The molecule has 7 atom stereocenters. The fourth-order valence-corrected chi connectivity index (χ4v) is 6.18. The number of amides is 1. The van der Waals surface area contributed by atoms with E-state index in [1.807, 2.05) is 0 Å². The molecule has 222 valence electrons. The first-order chi connectivity index (χ1) is 20.2. The number of benzene rings is 2. The van der Waals surface area contributed by atoms with E-state index in [1.54, 1.807) is 36.5 Å². The van der Waals surface area contributed by atoms with Crippen molar-refractivity contribution in [1.29, 1.82) is 5.26 Å². The highest BCUT2D eigenvalue weighted by Gasteiger charge is 2.52. The minimum Gasteiger partial charge on any atom is -0.394 e. The van der Waals surface area contributed by atoms with E-state index in [4.69, 9.17) is 32.7 Å². The summed E-state index contributed by atoms with van der Waals surface area (Å²) in [4.78, 5) is 15.9. The van der Waals surface area contributed by atoms with Gasteiger partial charge in [-0.25, -0.2) is 4.68 Å². The van der Waals surface area contributed by atoms with E-state index in [9.17, 15) is 25.4 Å². The van der Waals surface area contributed by atoms with Gasteiger partial charge in [0.25, 0.3) is 5.91 Å². The van der Waals surface area contributed by atoms with Crippen molar-refractivity contribution in [3.63, 3.8) is 0 Å². The molecule has 2 heterocycles. The summed E-state index contributed by atoms with van der Waals surface area (Å²) in [5, 5.41) is 51.2. The van der Waals surface area contributed by atoms with Gasteiger partial charge in [0.2, 0.25) is 0 Å². The fourth-order valence-electron chi connectivity index (χ4n) is 5.82. The number of nitriles is 1. The molecule has 1 saturated carbocycles. The van der Waals surface area contributed by atoms with E-state index in [-0.39, 0.29) is 10.6 Å². The first-order valence-electron chi connectivity index (χ1n) is 13.6. The molecule has 3 N–H and O–H groups in total. The van der Waals surface area contributed by atoms with Crippen LogP contribution in [0.25, 0.3) is 11.3 Å². The first kappa shape index (κ1) is 30.4. The van der Waals surface area contributed by atoms with Crippen LogP contribution in [0.4, 0.5) is 5.69 Å². The number of ether oxygens (including phenoxy) is 2. The van der Waals surface area contributed by atoms with Crippen molar-refractivity contribution >= 4 is 34.8 Å². The van der Waals surface area contributed by atoms with Gasteiger partial charge in [0.05, 0.1) is 36.6 Å². The van der Waals surface area contributed by atoms with Crippen LogP contribution in [0.5, 0.6) is 0 Å². The number of aromatic nitrogens is 3. The van der Waals surface area contributed by atoms with Crippen LogP contribution in [0.3, 0.4) is 0 Å². The molecule has 13 heteroatoms. The second-order valence-electron chi connectivity index (χ2n) is 10.5. The molecule has 1 amide bonds. The molecule has 5 rings (SSSR count). The standard InChI is InChI=1S/C29H31Cl2N5O6/c1-41-27-25(35-14-21(33-34-35)17-6-8-18(30)9-7-17)26(39)24(15-37)42-28(27)29(40)36(22-4-2-3-5-23(22)38)20-11-16(13-32)10-19(31)12-20/h6-12,14,22-28,37-39H,2-5,15H2,1H3/t22-,23-,24?,25?,26?,27?,28?/m0/s1.